The lowest BCUT2D eigenvalue weighted by Crippen LogP contribution is -2.50. The molecule has 2 nitrogen and oxygen atoms in total. The molecule has 0 aliphatic carbocycles. The summed E-state index contributed by atoms with van der Waals surface area (Å²) in [6.45, 7) is 10.2. The van der Waals surface area contributed by atoms with E-state index in [1.54, 1.807) is 0 Å². The summed E-state index contributed by atoms with van der Waals surface area (Å²) in [7, 11) is 0. The van der Waals surface area contributed by atoms with Crippen molar-refractivity contribution in [2.75, 3.05) is 24.5 Å². The third-order valence-electron chi connectivity index (χ3n) is 4.53. The highest BCUT2D eigenvalue weighted by Crippen LogP contribution is 2.30. The van der Waals surface area contributed by atoms with Crippen LogP contribution in [0.1, 0.15) is 38.7 Å². The summed E-state index contributed by atoms with van der Waals surface area (Å²) in [6, 6.07) is 6.52. The minimum atomic E-state index is 0.269. The maximum atomic E-state index is 3.77. The summed E-state index contributed by atoms with van der Waals surface area (Å²) in [4.78, 5) is 2.56. The molecule has 1 N–H and O–H groups in total. The fourth-order valence-electron chi connectivity index (χ4n) is 2.99. The van der Waals surface area contributed by atoms with Crippen molar-refractivity contribution < 1.29 is 0 Å². The smallest absolute Gasteiger partial charge is 0.0407 e. The van der Waals surface area contributed by atoms with E-state index in [-0.39, 0.29) is 5.54 Å². The molecule has 1 aliphatic rings. The maximum absolute atomic E-state index is 3.77. The maximum Gasteiger partial charge on any atom is 0.0407 e. The largest absolute Gasteiger partial charge is 0.369 e. The van der Waals surface area contributed by atoms with Crippen LogP contribution in [-0.4, -0.2) is 25.2 Å². The van der Waals surface area contributed by atoms with E-state index in [2.05, 4.69) is 65.1 Å². The number of anilines is 1. The third kappa shape index (κ3) is 3.14. The van der Waals surface area contributed by atoms with Crippen LogP contribution in [0.15, 0.2) is 22.7 Å². The van der Waals surface area contributed by atoms with Gasteiger partial charge in [0.05, 0.1) is 0 Å². The Balaban J connectivity index is 2.30. The lowest BCUT2D eigenvalue weighted by molar-refractivity contribution is 0.321. The number of nitrogens with one attached hydrogen (secondary N) is 1. The molecule has 19 heavy (non-hydrogen) atoms. The van der Waals surface area contributed by atoms with Crippen molar-refractivity contribution in [3.8, 4) is 0 Å². The Hall–Kier alpha value is -0.540. The van der Waals surface area contributed by atoms with Crippen LogP contribution in [0.5, 0.6) is 0 Å². The highest BCUT2D eigenvalue weighted by molar-refractivity contribution is 9.10. The monoisotopic (exact) mass is 324 g/mol. The Morgan fingerprint density at radius 2 is 2.05 bits per heavy atom. The van der Waals surface area contributed by atoms with Crippen LogP contribution in [0, 0.1) is 6.92 Å². The first-order valence-corrected chi connectivity index (χ1v) is 8.16. The van der Waals surface area contributed by atoms with Crippen molar-refractivity contribution in [2.45, 2.75) is 45.6 Å². The van der Waals surface area contributed by atoms with Gasteiger partial charge < -0.3 is 10.2 Å². The molecule has 1 aromatic carbocycles. The normalized spacial score (nSPS) is 19.3. The van der Waals surface area contributed by atoms with Crippen molar-refractivity contribution in [3.63, 3.8) is 0 Å². The molecule has 0 unspecified atom stereocenters. The van der Waals surface area contributed by atoms with Gasteiger partial charge in [-0.25, -0.2) is 0 Å². The van der Waals surface area contributed by atoms with Crippen LogP contribution in [-0.2, 0) is 0 Å². The van der Waals surface area contributed by atoms with Gasteiger partial charge in [-0.05, 0) is 50.4 Å². The zero-order valence-electron chi connectivity index (χ0n) is 12.3. The Morgan fingerprint density at radius 1 is 1.32 bits per heavy atom. The van der Waals surface area contributed by atoms with E-state index in [0.29, 0.717) is 0 Å². The quantitative estimate of drug-likeness (QED) is 0.899. The number of halogens is 1. The number of rotatable bonds is 3. The van der Waals surface area contributed by atoms with E-state index in [1.807, 2.05) is 0 Å². The standard InChI is InChI=1S/C16H25BrN2/c1-4-16(5-2)12-19(11-7-10-18-16)15-9-6-8-14(17)13(15)3/h6,8-9,18H,4-5,7,10-12H2,1-3H3. The molecule has 0 bridgehead atoms. The van der Waals surface area contributed by atoms with Crippen LogP contribution < -0.4 is 10.2 Å². The lowest BCUT2D eigenvalue weighted by Gasteiger charge is -2.37. The molecule has 0 atom stereocenters. The summed E-state index contributed by atoms with van der Waals surface area (Å²) >= 11 is 3.65. The van der Waals surface area contributed by atoms with Crippen LogP contribution in [0.3, 0.4) is 0 Å². The lowest BCUT2D eigenvalue weighted by atomic mass is 9.92. The molecule has 2 rings (SSSR count). The number of hydrogen-bond donors (Lipinski definition) is 1. The minimum absolute atomic E-state index is 0.269. The Bertz CT molecular complexity index is 427. The first kappa shape index (κ1) is 14.9. The molecule has 3 heteroatoms. The molecule has 0 radical (unpaired) electrons. The van der Waals surface area contributed by atoms with E-state index in [4.69, 9.17) is 0 Å². The van der Waals surface area contributed by atoms with Crippen LogP contribution in [0.2, 0.25) is 0 Å². The van der Waals surface area contributed by atoms with Gasteiger partial charge in [-0.1, -0.05) is 35.8 Å². The Kier molecular flexibility index (Phi) is 4.91. The van der Waals surface area contributed by atoms with E-state index < -0.39 is 0 Å². The molecular formula is C16H25BrN2. The molecule has 106 valence electrons. The van der Waals surface area contributed by atoms with Gasteiger partial charge in [-0.2, -0.15) is 0 Å². The van der Waals surface area contributed by atoms with Gasteiger partial charge in [0.2, 0.25) is 0 Å². The van der Waals surface area contributed by atoms with Crippen molar-refractivity contribution in [1.82, 2.24) is 5.32 Å². The second-order valence-electron chi connectivity index (χ2n) is 5.57. The molecule has 0 aromatic heterocycles. The summed E-state index contributed by atoms with van der Waals surface area (Å²) in [5.74, 6) is 0. The van der Waals surface area contributed by atoms with Gasteiger partial charge in [0.1, 0.15) is 0 Å². The van der Waals surface area contributed by atoms with Crippen molar-refractivity contribution >= 4 is 21.6 Å². The fraction of sp³-hybridized carbons (Fsp3) is 0.625. The van der Waals surface area contributed by atoms with Gasteiger partial charge in [0.15, 0.2) is 0 Å². The second kappa shape index (κ2) is 6.27. The minimum Gasteiger partial charge on any atom is -0.369 e. The van der Waals surface area contributed by atoms with Crippen molar-refractivity contribution in [2.24, 2.45) is 0 Å². The van der Waals surface area contributed by atoms with Gasteiger partial charge in [-0.15, -0.1) is 0 Å². The molecule has 1 aliphatic heterocycles. The van der Waals surface area contributed by atoms with E-state index in [0.717, 1.165) is 19.6 Å². The Labute approximate surface area is 125 Å². The number of nitrogens with zero attached hydrogens (tertiary/aromatic N) is 1. The first-order valence-electron chi connectivity index (χ1n) is 7.37. The molecular weight excluding hydrogens is 300 g/mol. The summed E-state index contributed by atoms with van der Waals surface area (Å²) in [6.07, 6.45) is 3.59. The Morgan fingerprint density at radius 3 is 2.74 bits per heavy atom. The average Bonchev–Trinajstić information content (AvgIpc) is 2.65. The molecule has 0 amide bonds. The van der Waals surface area contributed by atoms with Crippen molar-refractivity contribution in [3.05, 3.63) is 28.2 Å². The average molecular weight is 325 g/mol. The molecule has 1 saturated heterocycles. The summed E-state index contributed by atoms with van der Waals surface area (Å²) < 4.78 is 1.21. The van der Waals surface area contributed by atoms with Crippen molar-refractivity contribution in [1.29, 1.82) is 0 Å². The summed E-state index contributed by atoms with van der Waals surface area (Å²) in [5, 5.41) is 3.77. The van der Waals surface area contributed by atoms with Gasteiger partial charge in [0.25, 0.3) is 0 Å². The zero-order chi connectivity index (χ0) is 13.9. The summed E-state index contributed by atoms with van der Waals surface area (Å²) in [5.41, 5.74) is 3.00. The number of hydrogen-bond acceptors (Lipinski definition) is 2. The van der Waals surface area contributed by atoms with Gasteiger partial charge >= 0.3 is 0 Å². The second-order valence-corrected chi connectivity index (χ2v) is 6.43. The van der Waals surface area contributed by atoms with Crippen LogP contribution >= 0.6 is 15.9 Å². The van der Waals surface area contributed by atoms with Crippen LogP contribution in [0.25, 0.3) is 0 Å². The zero-order valence-corrected chi connectivity index (χ0v) is 13.9. The van der Waals surface area contributed by atoms with E-state index >= 15 is 0 Å². The van der Waals surface area contributed by atoms with E-state index in [9.17, 15) is 0 Å². The van der Waals surface area contributed by atoms with E-state index in [1.165, 1.54) is 35.0 Å². The molecule has 1 heterocycles. The molecule has 1 aromatic rings. The third-order valence-corrected chi connectivity index (χ3v) is 5.39. The predicted molar refractivity (Wildman–Crippen MR) is 87.0 cm³/mol. The predicted octanol–water partition coefficient (Wildman–Crippen LogP) is 4.12. The number of benzene rings is 1. The molecule has 0 saturated carbocycles. The van der Waals surface area contributed by atoms with Gasteiger partial charge in [-0.3, -0.25) is 0 Å². The molecule has 1 fully saturated rings. The topological polar surface area (TPSA) is 15.3 Å². The highest BCUT2D eigenvalue weighted by atomic mass is 79.9. The van der Waals surface area contributed by atoms with Gasteiger partial charge in [0, 0.05) is 28.8 Å². The van der Waals surface area contributed by atoms with Crippen LogP contribution in [0.4, 0.5) is 5.69 Å². The fourth-order valence-corrected chi connectivity index (χ4v) is 3.35. The highest BCUT2D eigenvalue weighted by Gasteiger charge is 2.30. The SMILES string of the molecule is CCC1(CC)CN(c2cccc(Br)c2C)CCCN1. The first-order chi connectivity index (χ1) is 9.12. The molecule has 0 spiro atoms.